The van der Waals surface area contributed by atoms with Gasteiger partial charge in [0.1, 0.15) is 5.82 Å². The van der Waals surface area contributed by atoms with E-state index in [4.69, 9.17) is 0 Å². The van der Waals surface area contributed by atoms with Crippen molar-refractivity contribution in [3.63, 3.8) is 0 Å². The lowest BCUT2D eigenvalue weighted by molar-refractivity contribution is 0.194. The minimum Gasteiger partial charge on any atom is -0.356 e. The molecule has 1 N–H and O–H groups in total. The Morgan fingerprint density at radius 1 is 1.03 bits per heavy atom. The Labute approximate surface area is 200 Å². The second kappa shape index (κ2) is 11.8. The van der Waals surface area contributed by atoms with E-state index in [0.29, 0.717) is 0 Å². The number of pyridine rings is 1. The lowest BCUT2D eigenvalue weighted by atomic mass is 10.2. The van der Waals surface area contributed by atoms with Gasteiger partial charge in [-0.1, -0.05) is 48.6 Å². The Bertz CT molecular complexity index is 991. The molecule has 0 spiro atoms. The summed E-state index contributed by atoms with van der Waals surface area (Å²) >= 11 is 0. The number of nitrogens with zero attached hydrogens (tertiary/aromatic N) is 6. The second-order valence-corrected chi connectivity index (χ2v) is 7.37. The van der Waals surface area contributed by atoms with Crippen LogP contribution >= 0.6 is 24.0 Å². The maximum atomic E-state index is 4.48. The molecule has 7 nitrogen and oxygen atoms in total. The fourth-order valence-electron chi connectivity index (χ4n) is 3.72. The van der Waals surface area contributed by atoms with E-state index in [2.05, 4.69) is 66.7 Å². The molecule has 31 heavy (non-hydrogen) atoms. The summed E-state index contributed by atoms with van der Waals surface area (Å²) in [5.41, 5.74) is 2.13. The zero-order valence-electron chi connectivity index (χ0n) is 17.9. The maximum absolute atomic E-state index is 4.48. The van der Waals surface area contributed by atoms with Crippen LogP contribution in [0.4, 0.5) is 0 Å². The number of hydrogen-bond donors (Lipinski definition) is 1. The van der Waals surface area contributed by atoms with Crippen LogP contribution in [0.1, 0.15) is 11.4 Å². The van der Waals surface area contributed by atoms with E-state index in [1.807, 2.05) is 41.9 Å². The summed E-state index contributed by atoms with van der Waals surface area (Å²) in [6.07, 6.45) is 7.25. The number of guanidine groups is 1. The van der Waals surface area contributed by atoms with Crippen molar-refractivity contribution in [2.75, 3.05) is 46.3 Å². The van der Waals surface area contributed by atoms with Crippen molar-refractivity contribution in [3.05, 3.63) is 72.2 Å². The Hall–Kier alpha value is -2.46. The molecule has 1 aliphatic heterocycles. The standard InChI is InChI=1S/C23H29N7.HI/c1-24-23(25-13-12-22-27-26-21-11-5-6-15-30(21)22)29-18-16-28(17-19-29)14-7-10-20-8-3-2-4-9-20;/h2-11,15H,12-14,16-19H2,1H3,(H,24,25);1H/b10-7+;. The molecule has 0 unspecified atom stereocenters. The third kappa shape index (κ3) is 6.27. The van der Waals surface area contributed by atoms with Gasteiger partial charge in [0.15, 0.2) is 11.6 Å². The van der Waals surface area contributed by atoms with Crippen molar-refractivity contribution in [1.82, 2.24) is 29.7 Å². The Morgan fingerprint density at radius 3 is 2.58 bits per heavy atom. The van der Waals surface area contributed by atoms with Crippen LogP contribution in [0.15, 0.2) is 65.8 Å². The Balaban J connectivity index is 0.00000272. The summed E-state index contributed by atoms with van der Waals surface area (Å²) in [5.74, 6) is 1.92. The van der Waals surface area contributed by atoms with Gasteiger partial charge in [-0.15, -0.1) is 34.2 Å². The summed E-state index contributed by atoms with van der Waals surface area (Å²) in [4.78, 5) is 9.29. The first-order valence-corrected chi connectivity index (χ1v) is 10.5. The van der Waals surface area contributed by atoms with Crippen molar-refractivity contribution < 1.29 is 0 Å². The summed E-state index contributed by atoms with van der Waals surface area (Å²) in [6.45, 7) is 5.79. The number of fused-ring (bicyclic) bond motifs is 1. The van der Waals surface area contributed by atoms with E-state index in [1.54, 1.807) is 0 Å². The normalized spacial score (nSPS) is 15.4. The first kappa shape index (κ1) is 23.2. The first-order chi connectivity index (χ1) is 14.8. The number of benzene rings is 1. The molecule has 1 fully saturated rings. The van der Waals surface area contributed by atoms with Gasteiger partial charge in [-0.2, -0.15) is 0 Å². The van der Waals surface area contributed by atoms with Crippen LogP contribution in [0.3, 0.4) is 0 Å². The molecule has 1 aromatic carbocycles. The minimum absolute atomic E-state index is 0. The Morgan fingerprint density at radius 2 is 1.81 bits per heavy atom. The van der Waals surface area contributed by atoms with Crippen LogP contribution in [-0.2, 0) is 6.42 Å². The molecular formula is C23H30IN7. The summed E-state index contributed by atoms with van der Waals surface area (Å²) in [5, 5.41) is 12.0. The highest BCUT2D eigenvalue weighted by Crippen LogP contribution is 2.06. The molecule has 3 heterocycles. The van der Waals surface area contributed by atoms with E-state index in [0.717, 1.165) is 63.1 Å². The van der Waals surface area contributed by atoms with Gasteiger partial charge in [0.05, 0.1) is 0 Å². The van der Waals surface area contributed by atoms with Gasteiger partial charge in [-0.25, -0.2) is 0 Å². The lowest BCUT2D eigenvalue weighted by Crippen LogP contribution is -2.52. The third-order valence-electron chi connectivity index (χ3n) is 5.37. The SMILES string of the molecule is CN=C(NCCc1nnc2ccccn12)N1CCN(C/C=C/c2ccccc2)CC1.I. The average Bonchev–Trinajstić information content (AvgIpc) is 3.21. The van der Waals surface area contributed by atoms with Gasteiger partial charge in [0.25, 0.3) is 0 Å². The number of halogens is 1. The van der Waals surface area contributed by atoms with Crippen molar-refractivity contribution >= 4 is 41.7 Å². The largest absolute Gasteiger partial charge is 0.356 e. The monoisotopic (exact) mass is 531 g/mol. The highest BCUT2D eigenvalue weighted by molar-refractivity contribution is 14.0. The highest BCUT2D eigenvalue weighted by atomic mass is 127. The molecule has 0 bridgehead atoms. The van der Waals surface area contributed by atoms with Gasteiger partial charge >= 0.3 is 0 Å². The molecule has 164 valence electrons. The molecule has 0 saturated carbocycles. The maximum Gasteiger partial charge on any atom is 0.193 e. The highest BCUT2D eigenvalue weighted by Gasteiger charge is 2.18. The van der Waals surface area contributed by atoms with Crippen LogP contribution in [0.25, 0.3) is 11.7 Å². The fourth-order valence-corrected chi connectivity index (χ4v) is 3.72. The van der Waals surface area contributed by atoms with Crippen molar-refractivity contribution in [3.8, 4) is 0 Å². The van der Waals surface area contributed by atoms with Crippen molar-refractivity contribution in [1.29, 1.82) is 0 Å². The number of aliphatic imine (C=N–C) groups is 1. The summed E-state index contributed by atoms with van der Waals surface area (Å²) in [7, 11) is 1.85. The number of aromatic nitrogens is 3. The molecule has 0 amide bonds. The number of rotatable bonds is 6. The molecule has 3 aromatic rings. The van der Waals surface area contributed by atoms with Crippen LogP contribution in [0.2, 0.25) is 0 Å². The molecule has 4 rings (SSSR count). The third-order valence-corrected chi connectivity index (χ3v) is 5.37. The predicted octanol–water partition coefficient (Wildman–Crippen LogP) is 2.80. The van der Waals surface area contributed by atoms with E-state index >= 15 is 0 Å². The minimum atomic E-state index is 0. The van der Waals surface area contributed by atoms with Crippen LogP contribution in [0.5, 0.6) is 0 Å². The molecular weight excluding hydrogens is 501 g/mol. The summed E-state index contributed by atoms with van der Waals surface area (Å²) in [6, 6.07) is 16.4. The number of hydrogen-bond acceptors (Lipinski definition) is 4. The average molecular weight is 531 g/mol. The van der Waals surface area contributed by atoms with Gasteiger partial charge in [0, 0.05) is 58.9 Å². The van der Waals surface area contributed by atoms with Crippen LogP contribution < -0.4 is 5.32 Å². The van der Waals surface area contributed by atoms with Crippen molar-refractivity contribution in [2.24, 2.45) is 4.99 Å². The number of nitrogens with one attached hydrogen (secondary N) is 1. The van der Waals surface area contributed by atoms with Gasteiger partial charge in [-0.3, -0.25) is 14.3 Å². The summed E-state index contributed by atoms with van der Waals surface area (Å²) < 4.78 is 2.03. The smallest absolute Gasteiger partial charge is 0.193 e. The molecule has 2 aromatic heterocycles. The Kier molecular flexibility index (Phi) is 8.84. The van der Waals surface area contributed by atoms with E-state index in [9.17, 15) is 0 Å². The quantitative estimate of drug-likeness (QED) is 0.301. The van der Waals surface area contributed by atoms with Gasteiger partial charge in [-0.05, 0) is 17.7 Å². The van der Waals surface area contributed by atoms with Crippen molar-refractivity contribution in [2.45, 2.75) is 6.42 Å². The molecule has 8 heteroatoms. The van der Waals surface area contributed by atoms with Crippen LogP contribution in [0, 0.1) is 0 Å². The van der Waals surface area contributed by atoms with E-state index in [-0.39, 0.29) is 24.0 Å². The number of piperazine rings is 1. The zero-order chi connectivity index (χ0) is 20.6. The van der Waals surface area contributed by atoms with E-state index < -0.39 is 0 Å². The molecule has 0 aliphatic carbocycles. The topological polar surface area (TPSA) is 61.1 Å². The molecule has 1 aliphatic rings. The fraction of sp³-hybridized carbons (Fsp3) is 0.348. The lowest BCUT2D eigenvalue weighted by Gasteiger charge is -2.36. The van der Waals surface area contributed by atoms with Crippen LogP contribution in [-0.4, -0.2) is 76.7 Å². The molecule has 0 radical (unpaired) electrons. The molecule has 0 atom stereocenters. The second-order valence-electron chi connectivity index (χ2n) is 7.37. The van der Waals surface area contributed by atoms with Gasteiger partial charge < -0.3 is 10.2 Å². The van der Waals surface area contributed by atoms with E-state index in [1.165, 1.54) is 5.56 Å². The first-order valence-electron chi connectivity index (χ1n) is 10.5. The molecule has 1 saturated heterocycles. The predicted molar refractivity (Wildman–Crippen MR) is 137 cm³/mol. The van der Waals surface area contributed by atoms with Gasteiger partial charge in [0.2, 0.25) is 0 Å². The zero-order valence-corrected chi connectivity index (χ0v) is 20.2.